The molecule has 3 rings (SSSR count). The Morgan fingerprint density at radius 2 is 2.07 bits per heavy atom. The van der Waals surface area contributed by atoms with Crippen LogP contribution in [0, 0.1) is 12.7 Å². The number of ether oxygens (including phenoxy) is 1. The van der Waals surface area contributed by atoms with E-state index in [0.29, 0.717) is 12.1 Å². The van der Waals surface area contributed by atoms with Crippen molar-refractivity contribution in [1.82, 2.24) is 9.88 Å². The summed E-state index contributed by atoms with van der Waals surface area (Å²) in [7, 11) is 3.13. The number of amides is 1. The van der Waals surface area contributed by atoms with Gasteiger partial charge in [0.1, 0.15) is 5.01 Å². The summed E-state index contributed by atoms with van der Waals surface area (Å²) < 4.78 is 18.7. The molecule has 1 heterocycles. The fourth-order valence-electron chi connectivity index (χ4n) is 2.76. The molecule has 1 amide bonds. The summed E-state index contributed by atoms with van der Waals surface area (Å²) >= 11 is 1.53. The standard InChI is InChI=1S/C21H21FN2O2S/c1-14-5-4-6-16(9-14)21-23-17(13-27-21)11-20(25)24(2)12-15-7-8-19(26-3)18(22)10-15/h4-10,13H,11-12H2,1-3H3. The Balaban J connectivity index is 1.64. The van der Waals surface area contributed by atoms with Crippen molar-refractivity contribution >= 4 is 17.2 Å². The Hall–Kier alpha value is -2.73. The summed E-state index contributed by atoms with van der Waals surface area (Å²) in [5.74, 6) is -0.302. The van der Waals surface area contributed by atoms with Crippen LogP contribution >= 0.6 is 11.3 Å². The second-order valence-electron chi connectivity index (χ2n) is 6.41. The molecule has 0 bridgehead atoms. The summed E-state index contributed by atoms with van der Waals surface area (Å²) in [6.07, 6.45) is 0.220. The van der Waals surface area contributed by atoms with Crippen LogP contribution in [0.1, 0.15) is 16.8 Å². The summed E-state index contributed by atoms with van der Waals surface area (Å²) in [5, 5.41) is 2.82. The maximum absolute atomic E-state index is 13.8. The summed E-state index contributed by atoms with van der Waals surface area (Å²) in [5.41, 5.74) is 3.68. The molecule has 0 aliphatic rings. The van der Waals surface area contributed by atoms with Gasteiger partial charge in [0, 0.05) is 24.5 Å². The Bertz CT molecular complexity index is 955. The minimum Gasteiger partial charge on any atom is -0.494 e. The molecule has 0 fully saturated rings. The van der Waals surface area contributed by atoms with Crippen LogP contribution in [0.2, 0.25) is 0 Å². The van der Waals surface area contributed by atoms with Crippen LogP contribution in [0.5, 0.6) is 5.75 Å². The quantitative estimate of drug-likeness (QED) is 0.630. The zero-order valence-electron chi connectivity index (χ0n) is 15.5. The van der Waals surface area contributed by atoms with E-state index in [1.165, 1.54) is 30.1 Å². The number of nitrogens with zero attached hydrogens (tertiary/aromatic N) is 2. The number of thiazole rings is 1. The van der Waals surface area contributed by atoms with Crippen molar-refractivity contribution < 1.29 is 13.9 Å². The first-order valence-corrected chi connectivity index (χ1v) is 9.42. The average molecular weight is 384 g/mol. The van der Waals surface area contributed by atoms with E-state index in [1.54, 1.807) is 24.1 Å². The molecule has 0 aliphatic heterocycles. The molecule has 0 N–H and O–H groups in total. The lowest BCUT2D eigenvalue weighted by atomic mass is 10.1. The molecule has 0 unspecified atom stereocenters. The van der Waals surface area contributed by atoms with E-state index in [4.69, 9.17) is 4.74 Å². The highest BCUT2D eigenvalue weighted by Gasteiger charge is 2.14. The van der Waals surface area contributed by atoms with Crippen LogP contribution in [-0.2, 0) is 17.8 Å². The lowest BCUT2D eigenvalue weighted by Crippen LogP contribution is -2.27. The molecule has 0 atom stereocenters. The molecule has 0 aliphatic carbocycles. The van der Waals surface area contributed by atoms with Crippen LogP contribution in [-0.4, -0.2) is 29.9 Å². The van der Waals surface area contributed by atoms with E-state index in [9.17, 15) is 9.18 Å². The van der Waals surface area contributed by atoms with Crippen molar-refractivity contribution in [1.29, 1.82) is 0 Å². The van der Waals surface area contributed by atoms with E-state index in [-0.39, 0.29) is 18.1 Å². The minimum atomic E-state index is -0.432. The Kier molecular flexibility index (Phi) is 5.86. The molecule has 0 saturated carbocycles. The van der Waals surface area contributed by atoms with Crippen molar-refractivity contribution in [3.05, 3.63) is 70.5 Å². The lowest BCUT2D eigenvalue weighted by molar-refractivity contribution is -0.129. The molecule has 0 spiro atoms. The van der Waals surface area contributed by atoms with Crippen molar-refractivity contribution in [2.75, 3.05) is 14.2 Å². The summed E-state index contributed by atoms with van der Waals surface area (Å²) in [6.45, 7) is 2.37. The molecule has 3 aromatic rings. The summed E-state index contributed by atoms with van der Waals surface area (Å²) in [4.78, 5) is 18.7. The van der Waals surface area contributed by atoms with Crippen LogP contribution in [0.4, 0.5) is 4.39 Å². The van der Waals surface area contributed by atoms with E-state index < -0.39 is 5.82 Å². The number of aryl methyl sites for hydroxylation is 1. The van der Waals surface area contributed by atoms with Crippen molar-refractivity contribution in [2.24, 2.45) is 0 Å². The largest absolute Gasteiger partial charge is 0.494 e. The highest BCUT2D eigenvalue weighted by atomic mass is 32.1. The van der Waals surface area contributed by atoms with Gasteiger partial charge in [-0.25, -0.2) is 9.37 Å². The van der Waals surface area contributed by atoms with Gasteiger partial charge in [0.05, 0.1) is 19.2 Å². The Morgan fingerprint density at radius 3 is 2.78 bits per heavy atom. The number of hydrogen-bond donors (Lipinski definition) is 0. The van der Waals surface area contributed by atoms with E-state index in [1.807, 2.05) is 30.5 Å². The van der Waals surface area contributed by atoms with Crippen molar-refractivity contribution in [2.45, 2.75) is 19.9 Å². The molecule has 140 valence electrons. The number of benzene rings is 2. The third-order valence-electron chi connectivity index (χ3n) is 4.21. The van der Waals surface area contributed by atoms with E-state index in [0.717, 1.165) is 16.3 Å². The second-order valence-corrected chi connectivity index (χ2v) is 7.27. The van der Waals surface area contributed by atoms with Gasteiger partial charge in [-0.05, 0) is 30.7 Å². The number of halogens is 1. The van der Waals surface area contributed by atoms with Gasteiger partial charge in [-0.1, -0.05) is 29.8 Å². The number of aromatic nitrogens is 1. The van der Waals surface area contributed by atoms with Gasteiger partial charge in [-0.3, -0.25) is 4.79 Å². The predicted molar refractivity (Wildman–Crippen MR) is 105 cm³/mol. The first-order valence-electron chi connectivity index (χ1n) is 8.54. The highest BCUT2D eigenvalue weighted by molar-refractivity contribution is 7.13. The molecule has 0 radical (unpaired) electrons. The normalized spacial score (nSPS) is 10.7. The topological polar surface area (TPSA) is 42.4 Å². The predicted octanol–water partition coefficient (Wildman–Crippen LogP) is 4.47. The van der Waals surface area contributed by atoms with Crippen molar-refractivity contribution in [3.63, 3.8) is 0 Å². The second kappa shape index (κ2) is 8.31. The monoisotopic (exact) mass is 384 g/mol. The maximum Gasteiger partial charge on any atom is 0.228 e. The number of likely N-dealkylation sites (N-methyl/N-ethyl adjacent to an activating group) is 1. The van der Waals surface area contributed by atoms with Crippen LogP contribution < -0.4 is 4.74 Å². The fraction of sp³-hybridized carbons (Fsp3) is 0.238. The third kappa shape index (κ3) is 4.71. The number of methoxy groups -OCH3 is 1. The molecule has 1 aromatic heterocycles. The van der Waals surface area contributed by atoms with Gasteiger partial charge in [-0.2, -0.15) is 0 Å². The zero-order valence-corrected chi connectivity index (χ0v) is 16.3. The number of rotatable bonds is 6. The Morgan fingerprint density at radius 1 is 1.26 bits per heavy atom. The average Bonchev–Trinajstić information content (AvgIpc) is 3.10. The van der Waals surface area contributed by atoms with Gasteiger partial charge in [0.2, 0.25) is 5.91 Å². The molecule has 0 saturated heterocycles. The maximum atomic E-state index is 13.8. The molecule has 6 heteroatoms. The first-order chi connectivity index (χ1) is 13.0. The highest BCUT2D eigenvalue weighted by Crippen LogP contribution is 2.25. The van der Waals surface area contributed by atoms with Gasteiger partial charge in [-0.15, -0.1) is 11.3 Å². The molecular weight excluding hydrogens is 363 g/mol. The van der Waals surface area contributed by atoms with Gasteiger partial charge >= 0.3 is 0 Å². The molecule has 27 heavy (non-hydrogen) atoms. The Labute approximate surface area is 162 Å². The van der Waals surface area contributed by atoms with Gasteiger partial charge in [0.25, 0.3) is 0 Å². The first kappa shape index (κ1) is 19.0. The number of carbonyl (C=O) groups excluding carboxylic acids is 1. The van der Waals surface area contributed by atoms with Crippen molar-refractivity contribution in [3.8, 4) is 16.3 Å². The molecule has 4 nitrogen and oxygen atoms in total. The molecule has 2 aromatic carbocycles. The number of carbonyl (C=O) groups is 1. The van der Waals surface area contributed by atoms with E-state index in [2.05, 4.69) is 11.1 Å². The van der Waals surface area contributed by atoms with Crippen LogP contribution in [0.25, 0.3) is 10.6 Å². The molecular formula is C21H21FN2O2S. The van der Waals surface area contributed by atoms with Gasteiger partial charge < -0.3 is 9.64 Å². The van der Waals surface area contributed by atoms with E-state index >= 15 is 0 Å². The zero-order chi connectivity index (χ0) is 19.4. The SMILES string of the molecule is COc1ccc(CN(C)C(=O)Cc2csc(-c3cccc(C)c3)n2)cc1F. The van der Waals surface area contributed by atoms with Crippen LogP contribution in [0.15, 0.2) is 47.8 Å². The van der Waals surface area contributed by atoms with Crippen LogP contribution in [0.3, 0.4) is 0 Å². The summed E-state index contributed by atoms with van der Waals surface area (Å²) in [6, 6.07) is 12.8. The number of hydrogen-bond acceptors (Lipinski definition) is 4. The minimum absolute atomic E-state index is 0.0627. The third-order valence-corrected chi connectivity index (χ3v) is 5.15. The lowest BCUT2D eigenvalue weighted by Gasteiger charge is -2.17. The van der Waals surface area contributed by atoms with Gasteiger partial charge in [0.15, 0.2) is 11.6 Å². The smallest absolute Gasteiger partial charge is 0.228 e. The fourth-order valence-corrected chi connectivity index (χ4v) is 3.58.